The first-order valence-electron chi connectivity index (χ1n) is 8.08. The molecule has 25 heavy (non-hydrogen) atoms. The van der Waals surface area contributed by atoms with Gasteiger partial charge < -0.3 is 9.64 Å². The van der Waals surface area contributed by atoms with Crippen LogP contribution in [0, 0.1) is 11.7 Å². The van der Waals surface area contributed by atoms with Gasteiger partial charge in [0.1, 0.15) is 0 Å². The lowest BCUT2D eigenvalue weighted by atomic mass is 9.99. The summed E-state index contributed by atoms with van der Waals surface area (Å²) in [5.41, 5.74) is 1.89. The molecule has 0 unspecified atom stereocenters. The third-order valence-electron chi connectivity index (χ3n) is 4.22. The van der Waals surface area contributed by atoms with Crippen LogP contribution in [0.1, 0.15) is 19.8 Å². The van der Waals surface area contributed by atoms with Crippen LogP contribution in [0.3, 0.4) is 0 Å². The predicted molar refractivity (Wildman–Crippen MR) is 86.9 cm³/mol. The first-order chi connectivity index (χ1) is 11.8. The van der Waals surface area contributed by atoms with Crippen molar-refractivity contribution in [1.82, 2.24) is 4.98 Å². The Bertz CT molecular complexity index is 748. The van der Waals surface area contributed by atoms with E-state index in [9.17, 15) is 17.6 Å². The van der Waals surface area contributed by atoms with Crippen LogP contribution in [0.4, 0.5) is 23.2 Å². The summed E-state index contributed by atoms with van der Waals surface area (Å²) in [6.07, 6.45) is -0.995. The standard InChI is InChI=1S/C18H18F4N2O/c1-12-3-2-8-24(11-12)14-6-7-23-16(10-14)13-4-5-17(15(19)9-13)25-18(20,21)22/h4-7,9-10,12H,2-3,8,11H2,1H3/t12-/m1/s1. The molecule has 1 aromatic carbocycles. The van der Waals surface area contributed by atoms with Gasteiger partial charge in [-0.3, -0.25) is 4.98 Å². The van der Waals surface area contributed by atoms with Gasteiger partial charge in [-0.2, -0.15) is 0 Å². The van der Waals surface area contributed by atoms with E-state index >= 15 is 0 Å². The van der Waals surface area contributed by atoms with Crippen molar-refractivity contribution in [3.63, 3.8) is 0 Å². The van der Waals surface area contributed by atoms with Crippen LogP contribution in [0.5, 0.6) is 5.75 Å². The molecule has 0 N–H and O–H groups in total. The highest BCUT2D eigenvalue weighted by molar-refractivity contribution is 5.65. The molecule has 2 aromatic rings. The second-order valence-electron chi connectivity index (χ2n) is 6.29. The maximum Gasteiger partial charge on any atom is 0.573 e. The van der Waals surface area contributed by atoms with Crippen LogP contribution in [0.15, 0.2) is 36.5 Å². The predicted octanol–water partition coefficient (Wildman–Crippen LogP) is 5.02. The molecule has 0 radical (unpaired) electrons. The van der Waals surface area contributed by atoms with Gasteiger partial charge in [-0.15, -0.1) is 13.2 Å². The summed E-state index contributed by atoms with van der Waals surface area (Å²) in [4.78, 5) is 6.46. The normalized spacial score (nSPS) is 18.3. The second kappa shape index (κ2) is 6.90. The Labute approximate surface area is 143 Å². The molecule has 0 saturated carbocycles. The van der Waals surface area contributed by atoms with Gasteiger partial charge >= 0.3 is 6.36 Å². The molecule has 0 amide bonds. The van der Waals surface area contributed by atoms with Crippen molar-refractivity contribution in [3.05, 3.63) is 42.3 Å². The van der Waals surface area contributed by atoms with Gasteiger partial charge in [0.15, 0.2) is 11.6 Å². The Morgan fingerprint density at radius 3 is 2.68 bits per heavy atom. The number of nitrogens with zero attached hydrogens (tertiary/aromatic N) is 2. The van der Waals surface area contributed by atoms with Crippen LogP contribution in [-0.2, 0) is 0 Å². The summed E-state index contributed by atoms with van der Waals surface area (Å²) in [6.45, 7) is 4.08. The van der Waals surface area contributed by atoms with Gasteiger partial charge in [0, 0.05) is 30.5 Å². The molecule has 3 rings (SSSR count). The molecular weight excluding hydrogens is 336 g/mol. The summed E-state index contributed by atoms with van der Waals surface area (Å²) in [5, 5.41) is 0. The molecule has 7 heteroatoms. The zero-order valence-electron chi connectivity index (χ0n) is 13.7. The second-order valence-corrected chi connectivity index (χ2v) is 6.29. The topological polar surface area (TPSA) is 25.4 Å². The minimum Gasteiger partial charge on any atom is -0.403 e. The highest BCUT2D eigenvalue weighted by Crippen LogP contribution is 2.31. The van der Waals surface area contributed by atoms with Crippen molar-refractivity contribution < 1.29 is 22.3 Å². The van der Waals surface area contributed by atoms with Crippen LogP contribution >= 0.6 is 0 Å². The molecule has 1 aliphatic rings. The molecule has 134 valence electrons. The lowest BCUT2D eigenvalue weighted by Gasteiger charge is -2.32. The van der Waals surface area contributed by atoms with Gasteiger partial charge in [0.05, 0.1) is 5.69 Å². The van der Waals surface area contributed by atoms with Gasteiger partial charge in [-0.05, 0) is 49.1 Å². The number of rotatable bonds is 3. The zero-order valence-corrected chi connectivity index (χ0v) is 13.7. The maximum absolute atomic E-state index is 13.9. The van der Waals surface area contributed by atoms with E-state index in [2.05, 4.69) is 21.5 Å². The van der Waals surface area contributed by atoms with E-state index in [1.807, 2.05) is 12.1 Å². The quantitative estimate of drug-likeness (QED) is 0.724. The molecule has 1 fully saturated rings. The molecule has 1 saturated heterocycles. The van der Waals surface area contributed by atoms with E-state index < -0.39 is 17.9 Å². The fourth-order valence-corrected chi connectivity index (χ4v) is 3.07. The minimum absolute atomic E-state index is 0.402. The number of anilines is 1. The van der Waals surface area contributed by atoms with Gasteiger partial charge in [-0.25, -0.2) is 4.39 Å². The highest BCUT2D eigenvalue weighted by atomic mass is 19.4. The Morgan fingerprint density at radius 2 is 2.00 bits per heavy atom. The highest BCUT2D eigenvalue weighted by Gasteiger charge is 2.32. The SMILES string of the molecule is C[C@@H]1CCCN(c2ccnc(-c3ccc(OC(F)(F)F)c(F)c3)c2)C1. The van der Waals surface area contributed by atoms with E-state index in [-0.39, 0.29) is 0 Å². The third-order valence-corrected chi connectivity index (χ3v) is 4.22. The average molecular weight is 354 g/mol. The number of ether oxygens (including phenoxy) is 1. The minimum atomic E-state index is -4.93. The molecule has 3 nitrogen and oxygen atoms in total. The summed E-state index contributed by atoms with van der Waals surface area (Å²) in [6, 6.07) is 7.06. The van der Waals surface area contributed by atoms with Crippen LogP contribution in [-0.4, -0.2) is 24.4 Å². The Kier molecular flexibility index (Phi) is 4.83. The largest absolute Gasteiger partial charge is 0.573 e. The lowest BCUT2D eigenvalue weighted by Crippen LogP contribution is -2.34. The van der Waals surface area contributed by atoms with Crippen molar-refractivity contribution in [1.29, 1.82) is 0 Å². The lowest BCUT2D eigenvalue weighted by molar-refractivity contribution is -0.275. The number of hydrogen-bond donors (Lipinski definition) is 0. The number of aromatic nitrogens is 1. The molecule has 0 aliphatic carbocycles. The Balaban J connectivity index is 1.84. The summed E-state index contributed by atoms with van der Waals surface area (Å²) >= 11 is 0. The molecule has 1 atom stereocenters. The van der Waals surface area contributed by atoms with Crippen molar-refractivity contribution in [2.24, 2.45) is 5.92 Å². The van der Waals surface area contributed by atoms with Crippen molar-refractivity contribution >= 4 is 5.69 Å². The Hall–Kier alpha value is -2.31. The number of hydrogen-bond acceptors (Lipinski definition) is 3. The third kappa shape index (κ3) is 4.41. The van der Waals surface area contributed by atoms with Crippen LogP contribution < -0.4 is 9.64 Å². The number of benzene rings is 1. The number of pyridine rings is 1. The summed E-state index contributed by atoms with van der Waals surface area (Å²) in [7, 11) is 0. The van der Waals surface area contributed by atoms with E-state index in [1.54, 1.807) is 6.20 Å². The fourth-order valence-electron chi connectivity index (χ4n) is 3.07. The average Bonchev–Trinajstić information content (AvgIpc) is 2.56. The van der Waals surface area contributed by atoms with E-state index in [0.717, 1.165) is 37.3 Å². The molecule has 1 aliphatic heterocycles. The number of alkyl halides is 3. The monoisotopic (exact) mass is 354 g/mol. The number of halogens is 4. The van der Waals surface area contributed by atoms with E-state index in [0.29, 0.717) is 17.2 Å². The van der Waals surface area contributed by atoms with Crippen molar-refractivity contribution in [3.8, 4) is 17.0 Å². The van der Waals surface area contributed by atoms with Gasteiger partial charge in [0.25, 0.3) is 0 Å². The smallest absolute Gasteiger partial charge is 0.403 e. The van der Waals surface area contributed by atoms with Gasteiger partial charge in [-0.1, -0.05) is 6.92 Å². The van der Waals surface area contributed by atoms with E-state index in [4.69, 9.17) is 0 Å². The van der Waals surface area contributed by atoms with Crippen molar-refractivity contribution in [2.75, 3.05) is 18.0 Å². The zero-order chi connectivity index (χ0) is 18.0. The first-order valence-corrected chi connectivity index (χ1v) is 8.08. The van der Waals surface area contributed by atoms with Gasteiger partial charge in [0.2, 0.25) is 0 Å². The molecule has 0 spiro atoms. The summed E-state index contributed by atoms with van der Waals surface area (Å²) < 4.78 is 54.2. The fraction of sp³-hybridized carbons (Fsp3) is 0.389. The Morgan fingerprint density at radius 1 is 1.20 bits per heavy atom. The molecule has 0 bridgehead atoms. The molecular formula is C18H18F4N2O. The summed E-state index contributed by atoms with van der Waals surface area (Å²) in [5.74, 6) is -1.33. The number of piperidine rings is 1. The molecule has 1 aromatic heterocycles. The van der Waals surface area contributed by atoms with Crippen LogP contribution in [0.25, 0.3) is 11.3 Å². The first kappa shape index (κ1) is 17.5. The maximum atomic E-state index is 13.9. The van der Waals surface area contributed by atoms with Crippen LogP contribution in [0.2, 0.25) is 0 Å². The van der Waals surface area contributed by atoms with E-state index in [1.165, 1.54) is 12.5 Å². The molecule has 2 heterocycles. The van der Waals surface area contributed by atoms with Crippen molar-refractivity contribution in [2.45, 2.75) is 26.1 Å².